The number of halogens is 1. The summed E-state index contributed by atoms with van der Waals surface area (Å²) in [5.41, 5.74) is 0. The van der Waals surface area contributed by atoms with Crippen molar-refractivity contribution in [2.24, 2.45) is 0 Å². The van der Waals surface area contributed by atoms with Gasteiger partial charge < -0.3 is 4.52 Å². The molecule has 0 fully saturated rings. The van der Waals surface area contributed by atoms with Crippen LogP contribution in [0.5, 0.6) is 0 Å². The summed E-state index contributed by atoms with van der Waals surface area (Å²) < 4.78 is 16.6. The summed E-state index contributed by atoms with van der Waals surface area (Å²) in [6, 6.07) is 0. The van der Waals surface area contributed by atoms with Crippen LogP contribution in [0.25, 0.3) is 0 Å². The Morgan fingerprint density at radius 2 is 2.10 bits per heavy atom. The lowest BCUT2D eigenvalue weighted by atomic mass is 10.5. The normalized spacial score (nSPS) is 17.3. The van der Waals surface area contributed by atoms with Crippen molar-refractivity contribution in [3.05, 3.63) is 0 Å². The van der Waals surface area contributed by atoms with Crippen LogP contribution in [0.4, 0.5) is 0 Å². The molecule has 0 aliphatic heterocycles. The van der Waals surface area contributed by atoms with Crippen LogP contribution < -0.4 is 0 Å². The topological polar surface area (TPSA) is 26.3 Å². The van der Waals surface area contributed by atoms with Gasteiger partial charge in [0.2, 0.25) is 7.37 Å². The van der Waals surface area contributed by atoms with E-state index in [1.54, 1.807) is 6.66 Å². The van der Waals surface area contributed by atoms with Crippen molar-refractivity contribution in [2.75, 3.05) is 18.2 Å². The molecular formula is C6H14BrO2P. The van der Waals surface area contributed by atoms with Gasteiger partial charge in [-0.1, -0.05) is 15.9 Å². The van der Waals surface area contributed by atoms with Crippen molar-refractivity contribution < 1.29 is 9.09 Å². The van der Waals surface area contributed by atoms with Gasteiger partial charge in [0.25, 0.3) is 0 Å². The van der Waals surface area contributed by atoms with Gasteiger partial charge in [-0.25, -0.2) is 0 Å². The van der Waals surface area contributed by atoms with E-state index in [1.807, 2.05) is 13.8 Å². The lowest BCUT2D eigenvalue weighted by Crippen LogP contribution is -2.02. The fraction of sp³-hybridized carbons (Fsp3) is 1.00. The molecule has 1 unspecified atom stereocenters. The van der Waals surface area contributed by atoms with Crippen molar-refractivity contribution in [1.29, 1.82) is 0 Å². The van der Waals surface area contributed by atoms with E-state index in [2.05, 4.69) is 15.9 Å². The lowest BCUT2D eigenvalue weighted by Gasteiger charge is -2.14. The van der Waals surface area contributed by atoms with Crippen LogP contribution in [0.2, 0.25) is 0 Å². The molecule has 0 radical (unpaired) electrons. The highest BCUT2D eigenvalue weighted by Crippen LogP contribution is 2.43. The lowest BCUT2D eigenvalue weighted by molar-refractivity contribution is 0.247. The van der Waals surface area contributed by atoms with Crippen LogP contribution in [0.15, 0.2) is 0 Å². The van der Waals surface area contributed by atoms with E-state index in [1.165, 1.54) is 0 Å². The second-order valence-electron chi connectivity index (χ2n) is 2.58. The Kier molecular flexibility index (Phi) is 4.83. The van der Waals surface area contributed by atoms with Gasteiger partial charge in [-0.2, -0.15) is 0 Å². The predicted molar refractivity (Wildman–Crippen MR) is 48.4 cm³/mol. The molecule has 0 amide bonds. The third-order valence-electron chi connectivity index (χ3n) is 0.924. The van der Waals surface area contributed by atoms with E-state index in [4.69, 9.17) is 4.52 Å². The third kappa shape index (κ3) is 5.45. The Labute approximate surface area is 70.9 Å². The van der Waals surface area contributed by atoms with Crippen LogP contribution in [0, 0.1) is 0 Å². The maximum Gasteiger partial charge on any atom is 0.201 e. The van der Waals surface area contributed by atoms with Gasteiger partial charge in [-0.15, -0.1) is 0 Å². The Hall–Kier alpha value is 0.670. The van der Waals surface area contributed by atoms with E-state index in [-0.39, 0.29) is 6.10 Å². The summed E-state index contributed by atoms with van der Waals surface area (Å²) in [4.78, 5) is 0. The maximum atomic E-state index is 11.4. The Bertz CT molecular complexity index is 136. The molecule has 62 valence electrons. The standard InChI is InChI=1S/C6H14BrO2P/c1-6(2)9-10(3,8)5-4-7/h6H,4-5H2,1-3H3. The molecule has 0 saturated heterocycles. The van der Waals surface area contributed by atoms with Crippen molar-refractivity contribution in [3.8, 4) is 0 Å². The highest BCUT2D eigenvalue weighted by atomic mass is 79.9. The average molecular weight is 229 g/mol. The van der Waals surface area contributed by atoms with Crippen molar-refractivity contribution in [1.82, 2.24) is 0 Å². The summed E-state index contributed by atoms with van der Waals surface area (Å²) in [6.45, 7) is 5.46. The molecule has 0 aliphatic carbocycles. The van der Waals surface area contributed by atoms with Gasteiger partial charge in [-0.05, 0) is 13.8 Å². The molecule has 10 heavy (non-hydrogen) atoms. The number of hydrogen-bond donors (Lipinski definition) is 0. The predicted octanol–water partition coefficient (Wildman–Crippen LogP) is 2.71. The zero-order valence-corrected chi connectivity index (χ0v) is 9.11. The van der Waals surface area contributed by atoms with Gasteiger partial charge in [0, 0.05) is 18.2 Å². The average Bonchev–Trinajstić information content (AvgIpc) is 1.59. The first-order valence-electron chi connectivity index (χ1n) is 3.29. The van der Waals surface area contributed by atoms with E-state index < -0.39 is 7.37 Å². The largest absolute Gasteiger partial charge is 0.326 e. The second kappa shape index (κ2) is 4.53. The van der Waals surface area contributed by atoms with Crippen molar-refractivity contribution >= 4 is 23.3 Å². The van der Waals surface area contributed by atoms with Crippen molar-refractivity contribution in [3.63, 3.8) is 0 Å². The van der Waals surface area contributed by atoms with E-state index in [9.17, 15) is 4.57 Å². The Morgan fingerprint density at radius 3 is 2.40 bits per heavy atom. The molecular weight excluding hydrogens is 215 g/mol. The molecule has 0 N–H and O–H groups in total. The summed E-state index contributed by atoms with van der Waals surface area (Å²) in [5.74, 6) is 0. The number of alkyl halides is 1. The second-order valence-corrected chi connectivity index (χ2v) is 6.06. The van der Waals surface area contributed by atoms with E-state index in [0.717, 1.165) is 5.33 Å². The molecule has 0 rings (SSSR count). The van der Waals surface area contributed by atoms with Crippen LogP contribution >= 0.6 is 23.3 Å². The minimum atomic E-state index is -2.30. The Morgan fingerprint density at radius 1 is 1.60 bits per heavy atom. The van der Waals surface area contributed by atoms with Gasteiger partial charge in [0.1, 0.15) is 0 Å². The van der Waals surface area contributed by atoms with E-state index in [0.29, 0.717) is 6.16 Å². The summed E-state index contributed by atoms with van der Waals surface area (Å²) >= 11 is 3.22. The van der Waals surface area contributed by atoms with Gasteiger partial charge >= 0.3 is 0 Å². The molecule has 0 aromatic rings. The van der Waals surface area contributed by atoms with Crippen LogP contribution in [-0.4, -0.2) is 24.3 Å². The molecule has 0 aromatic heterocycles. The summed E-state index contributed by atoms with van der Waals surface area (Å²) in [7, 11) is -2.30. The van der Waals surface area contributed by atoms with Gasteiger partial charge in [-0.3, -0.25) is 4.57 Å². The highest BCUT2D eigenvalue weighted by molar-refractivity contribution is 9.09. The number of rotatable bonds is 4. The molecule has 0 spiro atoms. The van der Waals surface area contributed by atoms with Crippen LogP contribution in [0.1, 0.15) is 13.8 Å². The zero-order valence-electron chi connectivity index (χ0n) is 6.63. The molecule has 0 saturated carbocycles. The molecule has 0 heterocycles. The number of hydrogen-bond acceptors (Lipinski definition) is 2. The summed E-state index contributed by atoms with van der Waals surface area (Å²) in [6.07, 6.45) is 0.681. The first-order valence-corrected chi connectivity index (χ1v) is 6.66. The fourth-order valence-electron chi connectivity index (χ4n) is 0.652. The van der Waals surface area contributed by atoms with Gasteiger partial charge in [0.05, 0.1) is 6.10 Å². The highest BCUT2D eigenvalue weighted by Gasteiger charge is 2.15. The van der Waals surface area contributed by atoms with Crippen molar-refractivity contribution in [2.45, 2.75) is 20.0 Å². The first kappa shape index (κ1) is 10.7. The molecule has 4 heteroatoms. The molecule has 2 nitrogen and oxygen atoms in total. The minimum absolute atomic E-state index is 0.0647. The monoisotopic (exact) mass is 228 g/mol. The minimum Gasteiger partial charge on any atom is -0.326 e. The molecule has 1 atom stereocenters. The molecule has 0 aromatic carbocycles. The molecule has 0 bridgehead atoms. The first-order chi connectivity index (χ1) is 4.48. The quantitative estimate of drug-likeness (QED) is 0.547. The van der Waals surface area contributed by atoms with Crippen LogP contribution in [-0.2, 0) is 9.09 Å². The van der Waals surface area contributed by atoms with Gasteiger partial charge in [0.15, 0.2) is 0 Å². The van der Waals surface area contributed by atoms with E-state index >= 15 is 0 Å². The maximum absolute atomic E-state index is 11.4. The zero-order chi connectivity index (χ0) is 8.20. The molecule has 0 aliphatic rings. The Balaban J connectivity index is 3.75. The summed E-state index contributed by atoms with van der Waals surface area (Å²) in [5, 5.41) is 0.744. The van der Waals surface area contributed by atoms with Crippen LogP contribution in [0.3, 0.4) is 0 Å². The smallest absolute Gasteiger partial charge is 0.201 e. The SMILES string of the molecule is CC(C)OP(C)(=O)CCBr. The third-order valence-corrected chi connectivity index (χ3v) is 3.84. The fourth-order valence-corrected chi connectivity index (χ4v) is 3.89.